The Kier molecular flexibility index (Phi) is 3.44. The molecule has 1 saturated heterocycles. The quantitative estimate of drug-likeness (QED) is 0.920. The number of fused-ring (bicyclic) bond motifs is 3. The van der Waals surface area contributed by atoms with Crippen molar-refractivity contribution >= 4 is 22.5 Å². The first-order valence-corrected chi connectivity index (χ1v) is 8.30. The zero-order chi connectivity index (χ0) is 14.4. The van der Waals surface area contributed by atoms with Crippen molar-refractivity contribution in [3.05, 3.63) is 34.5 Å². The van der Waals surface area contributed by atoms with Crippen molar-refractivity contribution in [2.45, 2.75) is 31.8 Å². The highest BCUT2D eigenvalue weighted by atomic mass is 35.5. The third-order valence-electron chi connectivity index (χ3n) is 5.16. The fraction of sp³-hybridized carbons (Fsp3) is 0.529. The Morgan fingerprint density at radius 1 is 1.33 bits per heavy atom. The van der Waals surface area contributed by atoms with E-state index in [0.717, 1.165) is 30.6 Å². The number of likely N-dealkylation sites (N-methyl/N-ethyl adjacent to an activating group) is 1. The highest BCUT2D eigenvalue weighted by molar-refractivity contribution is 6.31. The molecule has 0 bridgehead atoms. The molecule has 0 spiro atoms. The molecule has 2 aliphatic rings. The molecule has 112 valence electrons. The molecule has 0 amide bonds. The van der Waals surface area contributed by atoms with E-state index in [2.05, 4.69) is 34.0 Å². The van der Waals surface area contributed by atoms with Gasteiger partial charge in [-0.1, -0.05) is 11.6 Å². The summed E-state index contributed by atoms with van der Waals surface area (Å²) < 4.78 is 0. The predicted octanol–water partition coefficient (Wildman–Crippen LogP) is 3.27. The monoisotopic (exact) mass is 303 g/mol. The van der Waals surface area contributed by atoms with Crippen LogP contribution < -0.4 is 0 Å². The SMILES string of the molecule is CN1CCC[C@H]1CN1CCc2[nH]c3ccc(Cl)cc3c2C1. The zero-order valence-corrected chi connectivity index (χ0v) is 13.3. The van der Waals surface area contributed by atoms with Gasteiger partial charge in [0.2, 0.25) is 0 Å². The van der Waals surface area contributed by atoms with Crippen molar-refractivity contribution in [3.8, 4) is 0 Å². The lowest BCUT2D eigenvalue weighted by atomic mass is 10.0. The van der Waals surface area contributed by atoms with Gasteiger partial charge >= 0.3 is 0 Å². The zero-order valence-electron chi connectivity index (χ0n) is 12.5. The van der Waals surface area contributed by atoms with Crippen molar-refractivity contribution in [3.63, 3.8) is 0 Å². The van der Waals surface area contributed by atoms with Crippen LogP contribution in [0, 0.1) is 0 Å². The molecule has 3 heterocycles. The number of nitrogens with zero attached hydrogens (tertiary/aromatic N) is 2. The Labute approximate surface area is 130 Å². The van der Waals surface area contributed by atoms with Gasteiger partial charge in [-0.05, 0) is 50.2 Å². The minimum atomic E-state index is 0.736. The Hall–Kier alpha value is -1.03. The third-order valence-corrected chi connectivity index (χ3v) is 5.39. The van der Waals surface area contributed by atoms with Crippen molar-refractivity contribution < 1.29 is 0 Å². The van der Waals surface area contributed by atoms with Crippen molar-refractivity contribution in [2.24, 2.45) is 0 Å². The van der Waals surface area contributed by atoms with Gasteiger partial charge in [0.05, 0.1) is 0 Å². The number of hydrogen-bond acceptors (Lipinski definition) is 2. The lowest BCUT2D eigenvalue weighted by Gasteiger charge is -2.31. The molecule has 0 radical (unpaired) electrons. The molecule has 0 saturated carbocycles. The Morgan fingerprint density at radius 2 is 2.24 bits per heavy atom. The van der Waals surface area contributed by atoms with Crippen LogP contribution in [0.25, 0.3) is 10.9 Å². The molecule has 1 atom stereocenters. The van der Waals surface area contributed by atoms with Gasteiger partial charge in [0.1, 0.15) is 0 Å². The van der Waals surface area contributed by atoms with Crippen LogP contribution in [0.15, 0.2) is 18.2 Å². The maximum atomic E-state index is 6.18. The minimum absolute atomic E-state index is 0.736. The number of aromatic nitrogens is 1. The van der Waals surface area contributed by atoms with Crippen molar-refractivity contribution in [2.75, 3.05) is 26.7 Å². The minimum Gasteiger partial charge on any atom is -0.358 e. The molecule has 4 heteroatoms. The summed E-state index contributed by atoms with van der Waals surface area (Å²) in [5.41, 5.74) is 4.09. The maximum absolute atomic E-state index is 6.18. The number of hydrogen-bond donors (Lipinski definition) is 1. The van der Waals surface area contributed by atoms with Crippen LogP contribution in [0.1, 0.15) is 24.1 Å². The first-order chi connectivity index (χ1) is 10.2. The molecule has 0 unspecified atom stereocenters. The van der Waals surface area contributed by atoms with Crippen LogP contribution in [0.3, 0.4) is 0 Å². The molecule has 1 fully saturated rings. The Morgan fingerprint density at radius 3 is 3.05 bits per heavy atom. The molecule has 0 aliphatic carbocycles. The average molecular weight is 304 g/mol. The van der Waals surface area contributed by atoms with Gasteiger partial charge in [-0.2, -0.15) is 0 Å². The number of H-pyrrole nitrogens is 1. The van der Waals surface area contributed by atoms with Crippen LogP contribution in [0.2, 0.25) is 5.02 Å². The molecule has 21 heavy (non-hydrogen) atoms. The van der Waals surface area contributed by atoms with E-state index in [1.54, 1.807) is 0 Å². The summed E-state index contributed by atoms with van der Waals surface area (Å²) in [5, 5.41) is 2.14. The Balaban J connectivity index is 1.58. The first-order valence-electron chi connectivity index (χ1n) is 7.92. The van der Waals surface area contributed by atoms with Gasteiger partial charge in [-0.3, -0.25) is 4.90 Å². The van der Waals surface area contributed by atoms with Gasteiger partial charge in [-0.25, -0.2) is 0 Å². The highest BCUT2D eigenvalue weighted by Crippen LogP contribution is 2.30. The second-order valence-corrected chi connectivity index (χ2v) is 6.97. The number of rotatable bonds is 2. The summed E-state index contributed by atoms with van der Waals surface area (Å²) >= 11 is 6.18. The van der Waals surface area contributed by atoms with Gasteiger partial charge in [0.15, 0.2) is 0 Å². The molecule has 2 aliphatic heterocycles. The highest BCUT2D eigenvalue weighted by Gasteiger charge is 2.26. The fourth-order valence-electron chi connectivity index (χ4n) is 3.91. The summed E-state index contributed by atoms with van der Waals surface area (Å²) in [7, 11) is 2.26. The van der Waals surface area contributed by atoms with Crippen LogP contribution >= 0.6 is 11.6 Å². The van der Waals surface area contributed by atoms with Crippen LogP contribution in [-0.2, 0) is 13.0 Å². The molecule has 2 aromatic rings. The van der Waals surface area contributed by atoms with Crippen LogP contribution in [0.4, 0.5) is 0 Å². The van der Waals surface area contributed by atoms with Gasteiger partial charge in [-0.15, -0.1) is 0 Å². The van der Waals surface area contributed by atoms with E-state index in [-0.39, 0.29) is 0 Å². The normalized spacial score (nSPS) is 23.8. The second kappa shape index (κ2) is 5.31. The number of likely N-dealkylation sites (tertiary alicyclic amines) is 1. The number of aromatic amines is 1. The average Bonchev–Trinajstić information content (AvgIpc) is 3.03. The maximum Gasteiger partial charge on any atom is 0.0460 e. The molecule has 3 nitrogen and oxygen atoms in total. The topological polar surface area (TPSA) is 22.3 Å². The van der Waals surface area contributed by atoms with E-state index in [9.17, 15) is 0 Å². The standard InChI is InChI=1S/C17H22ClN3/c1-20-7-2-3-13(20)10-21-8-6-17-15(11-21)14-9-12(18)4-5-16(14)19-17/h4-5,9,13,19H,2-3,6-8,10-11H2,1H3/t13-/m0/s1. The summed E-state index contributed by atoms with van der Waals surface area (Å²) in [5.74, 6) is 0. The number of nitrogens with one attached hydrogen (secondary N) is 1. The van der Waals surface area contributed by atoms with Crippen LogP contribution in [-0.4, -0.2) is 47.5 Å². The molecule has 4 rings (SSSR count). The van der Waals surface area contributed by atoms with Gasteiger partial charge in [0.25, 0.3) is 0 Å². The van der Waals surface area contributed by atoms with Gasteiger partial charge in [0, 0.05) is 53.7 Å². The van der Waals surface area contributed by atoms with Crippen LogP contribution in [0.5, 0.6) is 0 Å². The van der Waals surface area contributed by atoms with E-state index in [4.69, 9.17) is 11.6 Å². The molecular formula is C17H22ClN3. The van der Waals surface area contributed by atoms with E-state index in [1.807, 2.05) is 6.07 Å². The third kappa shape index (κ3) is 2.48. The molecule has 1 aromatic heterocycles. The molecule has 1 N–H and O–H groups in total. The van der Waals surface area contributed by atoms with E-state index < -0.39 is 0 Å². The predicted molar refractivity (Wildman–Crippen MR) is 87.9 cm³/mol. The van der Waals surface area contributed by atoms with Crippen molar-refractivity contribution in [1.82, 2.24) is 14.8 Å². The summed E-state index contributed by atoms with van der Waals surface area (Å²) in [6.45, 7) is 4.67. The Bertz CT molecular complexity index is 663. The smallest absolute Gasteiger partial charge is 0.0460 e. The lowest BCUT2D eigenvalue weighted by Crippen LogP contribution is -2.40. The number of benzene rings is 1. The van der Waals surface area contributed by atoms with E-state index in [0.29, 0.717) is 0 Å². The molecule has 1 aromatic carbocycles. The van der Waals surface area contributed by atoms with Gasteiger partial charge < -0.3 is 9.88 Å². The largest absolute Gasteiger partial charge is 0.358 e. The summed E-state index contributed by atoms with van der Waals surface area (Å²) in [4.78, 5) is 8.70. The lowest BCUT2D eigenvalue weighted by molar-refractivity contribution is 0.181. The first kappa shape index (κ1) is 13.6. The molecular weight excluding hydrogens is 282 g/mol. The summed E-state index contributed by atoms with van der Waals surface area (Å²) in [6, 6.07) is 6.92. The second-order valence-electron chi connectivity index (χ2n) is 6.53. The van der Waals surface area contributed by atoms with E-state index >= 15 is 0 Å². The summed E-state index contributed by atoms with van der Waals surface area (Å²) in [6.07, 6.45) is 3.82. The van der Waals surface area contributed by atoms with E-state index in [1.165, 1.54) is 48.1 Å². The number of halogens is 1. The fourth-order valence-corrected chi connectivity index (χ4v) is 4.08. The van der Waals surface area contributed by atoms with Crippen molar-refractivity contribution in [1.29, 1.82) is 0 Å².